The Kier molecular flexibility index (Phi) is 4.10. The minimum atomic E-state index is 0.228. The number of hydrogen-bond acceptors (Lipinski definition) is 2. The van der Waals surface area contributed by atoms with Crippen LogP contribution in [-0.2, 0) is 0 Å². The molecule has 0 aliphatic carbocycles. The average Bonchev–Trinajstić information content (AvgIpc) is 2.78. The number of aromatic hydroxyl groups is 1. The number of phenols is 1. The molecule has 0 aromatic heterocycles. The van der Waals surface area contributed by atoms with Gasteiger partial charge in [0.25, 0.3) is 0 Å². The molecule has 0 saturated carbocycles. The molecule has 3 rings (SSSR count). The minimum absolute atomic E-state index is 0.228. The van der Waals surface area contributed by atoms with Crippen molar-refractivity contribution in [2.24, 2.45) is 0 Å². The van der Waals surface area contributed by atoms with E-state index in [1.165, 1.54) is 20.4 Å². The lowest BCUT2D eigenvalue weighted by atomic mass is 10.0. The average molecular weight is 507 g/mol. The Morgan fingerprint density at radius 3 is 2.55 bits per heavy atom. The van der Waals surface area contributed by atoms with Crippen LogP contribution in [-0.4, -0.2) is 11.7 Å². The van der Waals surface area contributed by atoms with Crippen LogP contribution in [0.2, 0.25) is 0 Å². The fourth-order valence-electron chi connectivity index (χ4n) is 2.22. The molecule has 2 aromatic carbocycles. The van der Waals surface area contributed by atoms with Crippen molar-refractivity contribution in [1.82, 2.24) is 0 Å². The predicted molar refractivity (Wildman–Crippen MR) is 99.0 cm³/mol. The highest BCUT2D eigenvalue weighted by Crippen LogP contribution is 2.37. The smallest absolute Gasteiger partial charge is 0.143 e. The van der Waals surface area contributed by atoms with Gasteiger partial charge in [-0.2, -0.15) is 0 Å². The van der Waals surface area contributed by atoms with Gasteiger partial charge in [-0.3, -0.25) is 0 Å². The molecule has 0 fully saturated rings. The first-order valence-corrected chi connectivity index (χ1v) is 8.63. The third-order valence-corrected chi connectivity index (χ3v) is 5.06. The van der Waals surface area contributed by atoms with Crippen LogP contribution >= 0.6 is 54.5 Å². The fourth-order valence-corrected chi connectivity index (χ4v) is 3.93. The lowest BCUT2D eigenvalue weighted by Crippen LogP contribution is -1.91. The van der Waals surface area contributed by atoms with E-state index >= 15 is 0 Å². The molecule has 0 radical (unpaired) electrons. The molecule has 0 unspecified atom stereocenters. The number of nitrogens with one attached hydrogen (secondary N) is 1. The zero-order chi connectivity index (χ0) is 14.3. The van der Waals surface area contributed by atoms with Crippen LogP contribution < -0.4 is 5.32 Å². The van der Waals surface area contributed by atoms with Crippen molar-refractivity contribution < 1.29 is 5.11 Å². The predicted octanol–water partition coefficient (Wildman–Crippen LogP) is 5.49. The van der Waals surface area contributed by atoms with Crippen LogP contribution in [0.4, 0.5) is 5.69 Å². The van der Waals surface area contributed by atoms with E-state index in [2.05, 4.69) is 84.0 Å². The van der Waals surface area contributed by atoms with Crippen LogP contribution in [0.3, 0.4) is 0 Å². The third kappa shape index (κ3) is 2.76. The lowest BCUT2D eigenvalue weighted by Gasteiger charge is -2.04. The van der Waals surface area contributed by atoms with Gasteiger partial charge < -0.3 is 10.4 Å². The normalized spacial score (nSPS) is 15.2. The van der Waals surface area contributed by atoms with E-state index in [9.17, 15) is 5.11 Å². The van der Waals surface area contributed by atoms with Gasteiger partial charge in [-0.15, -0.1) is 0 Å². The SMILES string of the molecule is Oc1c(Br)cc(C=C2CNc3ccc(I)cc32)cc1Br. The number of phenolic OH excluding ortho intramolecular Hbond substituents is 1. The molecular formula is C15H10Br2INO. The number of benzene rings is 2. The van der Waals surface area contributed by atoms with Crippen LogP contribution in [0, 0.1) is 3.57 Å². The molecule has 5 heteroatoms. The van der Waals surface area contributed by atoms with Gasteiger partial charge in [-0.25, -0.2) is 0 Å². The maximum Gasteiger partial charge on any atom is 0.143 e. The molecule has 0 spiro atoms. The molecular weight excluding hydrogens is 497 g/mol. The van der Waals surface area contributed by atoms with Crippen molar-refractivity contribution in [1.29, 1.82) is 0 Å². The number of rotatable bonds is 1. The summed E-state index contributed by atoms with van der Waals surface area (Å²) < 4.78 is 2.60. The summed E-state index contributed by atoms with van der Waals surface area (Å²) in [6, 6.07) is 10.2. The topological polar surface area (TPSA) is 32.3 Å². The molecule has 1 aliphatic rings. The van der Waals surface area contributed by atoms with Crippen LogP contribution in [0.1, 0.15) is 11.1 Å². The van der Waals surface area contributed by atoms with Gasteiger partial charge >= 0.3 is 0 Å². The van der Waals surface area contributed by atoms with E-state index in [0.717, 1.165) is 12.1 Å². The lowest BCUT2D eigenvalue weighted by molar-refractivity contribution is 0.468. The highest BCUT2D eigenvalue weighted by molar-refractivity contribution is 14.1. The van der Waals surface area contributed by atoms with Gasteiger partial charge in [0.15, 0.2) is 0 Å². The molecule has 20 heavy (non-hydrogen) atoms. The second kappa shape index (κ2) is 5.69. The number of halogens is 3. The van der Waals surface area contributed by atoms with Gasteiger partial charge in [-0.05, 0) is 102 Å². The molecule has 0 atom stereocenters. The van der Waals surface area contributed by atoms with Gasteiger partial charge in [0.1, 0.15) is 5.75 Å². The molecule has 1 heterocycles. The van der Waals surface area contributed by atoms with E-state index in [4.69, 9.17) is 0 Å². The molecule has 2 nitrogen and oxygen atoms in total. The van der Waals surface area contributed by atoms with Crippen molar-refractivity contribution in [2.75, 3.05) is 11.9 Å². The van der Waals surface area contributed by atoms with Crippen LogP contribution in [0.25, 0.3) is 11.6 Å². The van der Waals surface area contributed by atoms with Crippen LogP contribution in [0.5, 0.6) is 5.75 Å². The van der Waals surface area contributed by atoms with Crippen molar-refractivity contribution in [2.45, 2.75) is 0 Å². The molecule has 2 aromatic rings. The van der Waals surface area contributed by atoms with E-state index in [-0.39, 0.29) is 5.75 Å². The zero-order valence-corrected chi connectivity index (χ0v) is 15.6. The summed E-state index contributed by atoms with van der Waals surface area (Å²) in [5.41, 5.74) is 4.72. The van der Waals surface area contributed by atoms with Gasteiger partial charge in [0, 0.05) is 21.4 Å². The zero-order valence-electron chi connectivity index (χ0n) is 10.3. The molecule has 1 aliphatic heterocycles. The first-order valence-electron chi connectivity index (χ1n) is 5.97. The number of anilines is 1. The summed E-state index contributed by atoms with van der Waals surface area (Å²) in [5.74, 6) is 0.228. The Morgan fingerprint density at radius 2 is 1.85 bits per heavy atom. The van der Waals surface area contributed by atoms with Crippen molar-refractivity contribution in [3.8, 4) is 5.75 Å². The summed E-state index contributed by atoms with van der Waals surface area (Å²) in [6.45, 7) is 0.825. The maximum atomic E-state index is 9.76. The van der Waals surface area contributed by atoms with Crippen molar-refractivity contribution >= 4 is 71.8 Å². The summed E-state index contributed by atoms with van der Waals surface area (Å²) in [6.07, 6.45) is 2.14. The molecule has 0 saturated heterocycles. The number of fused-ring (bicyclic) bond motifs is 1. The fraction of sp³-hybridized carbons (Fsp3) is 0.0667. The summed E-state index contributed by atoms with van der Waals surface area (Å²) in [4.78, 5) is 0. The second-order valence-electron chi connectivity index (χ2n) is 4.55. The Morgan fingerprint density at radius 1 is 1.15 bits per heavy atom. The van der Waals surface area contributed by atoms with Gasteiger partial charge in [-0.1, -0.05) is 0 Å². The minimum Gasteiger partial charge on any atom is -0.506 e. The maximum absolute atomic E-state index is 9.76. The van der Waals surface area contributed by atoms with E-state index in [1.807, 2.05) is 12.1 Å². The molecule has 102 valence electrons. The highest BCUT2D eigenvalue weighted by Gasteiger charge is 2.16. The quantitative estimate of drug-likeness (QED) is 0.501. The van der Waals surface area contributed by atoms with Crippen molar-refractivity contribution in [3.05, 3.63) is 54.0 Å². The van der Waals surface area contributed by atoms with Crippen LogP contribution in [0.15, 0.2) is 39.3 Å². The van der Waals surface area contributed by atoms with Crippen molar-refractivity contribution in [3.63, 3.8) is 0 Å². The summed E-state index contributed by atoms with van der Waals surface area (Å²) >= 11 is 9.05. The summed E-state index contributed by atoms with van der Waals surface area (Å²) in [7, 11) is 0. The monoisotopic (exact) mass is 505 g/mol. The standard InChI is InChI=1S/C15H10Br2INO/c16-12-4-8(5-13(17)15(12)20)3-9-7-19-14-2-1-10(18)6-11(9)14/h1-6,19-20H,7H2. The molecule has 0 amide bonds. The Labute approximate surface area is 147 Å². The second-order valence-corrected chi connectivity index (χ2v) is 7.50. The van der Waals surface area contributed by atoms with E-state index < -0.39 is 0 Å². The van der Waals surface area contributed by atoms with Gasteiger partial charge in [0.05, 0.1) is 8.95 Å². The Hall–Kier alpha value is -0.530. The first kappa shape index (κ1) is 14.4. The Bertz CT molecular complexity index is 705. The molecule has 0 bridgehead atoms. The summed E-state index contributed by atoms with van der Waals surface area (Å²) in [5, 5.41) is 13.2. The third-order valence-electron chi connectivity index (χ3n) is 3.18. The number of hydrogen-bond donors (Lipinski definition) is 2. The van der Waals surface area contributed by atoms with Gasteiger partial charge in [0.2, 0.25) is 0 Å². The first-order chi connectivity index (χ1) is 9.54. The van der Waals surface area contributed by atoms with E-state index in [0.29, 0.717) is 8.95 Å². The Balaban J connectivity index is 2.05. The largest absolute Gasteiger partial charge is 0.506 e. The highest BCUT2D eigenvalue weighted by atomic mass is 127. The van der Waals surface area contributed by atoms with E-state index in [1.54, 1.807) is 0 Å². The molecule has 2 N–H and O–H groups in total.